The Morgan fingerprint density at radius 3 is 1.81 bits per heavy atom. The van der Waals surface area contributed by atoms with Gasteiger partial charge in [0.1, 0.15) is 0 Å². The van der Waals surface area contributed by atoms with Crippen molar-refractivity contribution in [2.24, 2.45) is 0 Å². The van der Waals surface area contributed by atoms with Crippen LogP contribution in [0.25, 0.3) is 0 Å². The van der Waals surface area contributed by atoms with Gasteiger partial charge in [-0.2, -0.15) is 0 Å². The van der Waals surface area contributed by atoms with Crippen LogP contribution in [0.15, 0.2) is 73.3 Å². The molecule has 0 radical (unpaired) electrons. The van der Waals surface area contributed by atoms with E-state index in [-0.39, 0.29) is 0 Å². The van der Waals surface area contributed by atoms with Crippen LogP contribution in [-0.4, -0.2) is 21.8 Å². The summed E-state index contributed by atoms with van der Waals surface area (Å²) in [6, 6.07) is 21.0. The molecule has 0 unspecified atom stereocenters. The highest BCUT2D eigenvalue weighted by Gasteiger charge is 2.42. The van der Waals surface area contributed by atoms with Crippen molar-refractivity contribution in [1.29, 1.82) is 0 Å². The van der Waals surface area contributed by atoms with Crippen molar-refractivity contribution >= 4 is 18.9 Å². The lowest BCUT2D eigenvalue weighted by Crippen LogP contribution is -2.63. The van der Waals surface area contributed by atoms with Gasteiger partial charge in [-0.3, -0.25) is 0 Å². The molecule has 0 aliphatic heterocycles. The smallest absolute Gasteiger partial charge is 0.388 e. The number of unbranched alkanes of at least 4 members (excludes halogenated alkanes) is 4. The molecule has 2 rings (SSSR count). The Kier molecular flexibility index (Phi) is 9.39. The lowest BCUT2D eigenvalue weighted by Gasteiger charge is -2.31. The van der Waals surface area contributed by atoms with E-state index in [9.17, 15) is 0 Å². The molecule has 3 heteroatoms. The molecule has 0 saturated carbocycles. The largest absolute Gasteiger partial charge is 0.407 e. The summed E-state index contributed by atoms with van der Waals surface area (Å²) in [4.78, 5) is 0. The Balaban J connectivity index is 2.26. The van der Waals surface area contributed by atoms with Crippen molar-refractivity contribution in [2.45, 2.75) is 45.4 Å². The van der Waals surface area contributed by atoms with Crippen LogP contribution in [0.5, 0.6) is 0 Å². The third-order valence-corrected chi connectivity index (χ3v) is 7.88. The van der Waals surface area contributed by atoms with Crippen LogP contribution in [-0.2, 0) is 8.85 Å². The van der Waals surface area contributed by atoms with Crippen LogP contribution in [0.3, 0.4) is 0 Å². The summed E-state index contributed by atoms with van der Waals surface area (Å²) in [5, 5.41) is 2.36. The molecular formula is C23H32O2Si. The zero-order valence-electron chi connectivity index (χ0n) is 16.0. The topological polar surface area (TPSA) is 18.5 Å². The summed E-state index contributed by atoms with van der Waals surface area (Å²) in [5.41, 5.74) is 0. The first-order valence-electron chi connectivity index (χ1n) is 9.83. The molecule has 0 heterocycles. The minimum atomic E-state index is -2.69. The SMILES string of the molecule is C=CCCCO[Si](OCCCCCC)(c1ccccc1)c1ccccc1. The number of allylic oxidation sites excluding steroid dienone is 1. The zero-order valence-corrected chi connectivity index (χ0v) is 17.0. The first kappa shape index (κ1) is 20.6. The lowest BCUT2D eigenvalue weighted by molar-refractivity contribution is 0.186. The summed E-state index contributed by atoms with van der Waals surface area (Å²) in [7, 11) is -2.69. The third kappa shape index (κ3) is 5.94. The highest BCUT2D eigenvalue weighted by atomic mass is 28.4. The molecule has 0 aromatic heterocycles. The van der Waals surface area contributed by atoms with Gasteiger partial charge in [0.2, 0.25) is 0 Å². The fourth-order valence-corrected chi connectivity index (χ4v) is 6.25. The highest BCUT2D eigenvalue weighted by molar-refractivity contribution is 6.92. The minimum Gasteiger partial charge on any atom is -0.388 e. The summed E-state index contributed by atoms with van der Waals surface area (Å²) >= 11 is 0. The van der Waals surface area contributed by atoms with Crippen molar-refractivity contribution in [1.82, 2.24) is 0 Å². The summed E-state index contributed by atoms with van der Waals surface area (Å²) < 4.78 is 13.2. The first-order valence-corrected chi connectivity index (χ1v) is 11.6. The summed E-state index contributed by atoms with van der Waals surface area (Å²) in [5.74, 6) is 0. The van der Waals surface area contributed by atoms with E-state index in [0.29, 0.717) is 6.61 Å². The summed E-state index contributed by atoms with van der Waals surface area (Å²) in [6.07, 6.45) is 8.66. The molecule has 2 aromatic rings. The average Bonchev–Trinajstić information content (AvgIpc) is 2.71. The molecule has 0 fully saturated rings. The van der Waals surface area contributed by atoms with Crippen molar-refractivity contribution in [3.8, 4) is 0 Å². The predicted octanol–water partition coefficient (Wildman–Crippen LogP) is 4.82. The fourth-order valence-electron chi connectivity index (χ4n) is 3.05. The Labute approximate surface area is 160 Å². The van der Waals surface area contributed by atoms with E-state index >= 15 is 0 Å². The molecule has 26 heavy (non-hydrogen) atoms. The second-order valence-corrected chi connectivity index (χ2v) is 9.50. The van der Waals surface area contributed by atoms with Crippen LogP contribution >= 0.6 is 0 Å². The van der Waals surface area contributed by atoms with Crippen LogP contribution in [0.1, 0.15) is 45.4 Å². The molecular weight excluding hydrogens is 336 g/mol. The molecule has 0 bridgehead atoms. The van der Waals surface area contributed by atoms with E-state index < -0.39 is 8.56 Å². The molecule has 0 N–H and O–H groups in total. The molecule has 2 nitrogen and oxygen atoms in total. The van der Waals surface area contributed by atoms with E-state index in [1.165, 1.54) is 29.6 Å². The van der Waals surface area contributed by atoms with E-state index in [1.54, 1.807) is 0 Å². The quantitative estimate of drug-likeness (QED) is 0.287. The van der Waals surface area contributed by atoms with Crippen LogP contribution in [0.4, 0.5) is 0 Å². The maximum atomic E-state index is 6.62. The Bertz CT molecular complexity index is 573. The lowest BCUT2D eigenvalue weighted by atomic mass is 10.2. The molecule has 140 valence electrons. The van der Waals surface area contributed by atoms with Crippen molar-refractivity contribution in [3.63, 3.8) is 0 Å². The number of hydrogen-bond acceptors (Lipinski definition) is 2. The van der Waals surface area contributed by atoms with Crippen molar-refractivity contribution < 1.29 is 8.85 Å². The first-order chi connectivity index (χ1) is 12.8. The van der Waals surface area contributed by atoms with Gasteiger partial charge in [0.05, 0.1) is 0 Å². The Morgan fingerprint density at radius 2 is 1.31 bits per heavy atom. The number of benzene rings is 2. The predicted molar refractivity (Wildman–Crippen MR) is 113 cm³/mol. The van der Waals surface area contributed by atoms with Gasteiger partial charge >= 0.3 is 8.56 Å². The van der Waals surface area contributed by atoms with Crippen molar-refractivity contribution in [2.75, 3.05) is 13.2 Å². The van der Waals surface area contributed by atoms with E-state index in [1.807, 2.05) is 18.2 Å². The van der Waals surface area contributed by atoms with Gasteiger partial charge < -0.3 is 8.85 Å². The molecule has 0 saturated heterocycles. The van der Waals surface area contributed by atoms with Gasteiger partial charge in [-0.05, 0) is 29.6 Å². The van der Waals surface area contributed by atoms with Gasteiger partial charge in [-0.15, -0.1) is 6.58 Å². The molecule has 0 aliphatic carbocycles. The van der Waals surface area contributed by atoms with Crippen LogP contribution in [0.2, 0.25) is 0 Å². The van der Waals surface area contributed by atoms with Gasteiger partial charge in [0.25, 0.3) is 0 Å². The van der Waals surface area contributed by atoms with Gasteiger partial charge in [-0.25, -0.2) is 0 Å². The number of hydrogen-bond donors (Lipinski definition) is 0. The normalized spacial score (nSPS) is 11.4. The second-order valence-electron chi connectivity index (χ2n) is 6.54. The molecule has 2 aromatic carbocycles. The van der Waals surface area contributed by atoms with Crippen molar-refractivity contribution in [3.05, 3.63) is 73.3 Å². The molecule has 0 aliphatic rings. The maximum absolute atomic E-state index is 6.62. The molecule has 0 spiro atoms. The van der Waals surface area contributed by atoms with E-state index in [2.05, 4.69) is 62.0 Å². The van der Waals surface area contributed by atoms with Gasteiger partial charge in [-0.1, -0.05) is 92.9 Å². The number of rotatable bonds is 13. The second kappa shape index (κ2) is 11.8. The van der Waals surface area contributed by atoms with Crippen LogP contribution in [0, 0.1) is 0 Å². The monoisotopic (exact) mass is 368 g/mol. The average molecular weight is 369 g/mol. The maximum Gasteiger partial charge on any atom is 0.407 e. The zero-order chi connectivity index (χ0) is 18.5. The molecule has 0 atom stereocenters. The van der Waals surface area contributed by atoms with E-state index in [0.717, 1.165) is 25.9 Å². The third-order valence-electron chi connectivity index (χ3n) is 4.47. The highest BCUT2D eigenvalue weighted by Crippen LogP contribution is 2.13. The fraction of sp³-hybridized carbons (Fsp3) is 0.391. The standard InChI is InChI=1S/C23H32O2Si/c1-3-5-7-15-21-25-26(24-20-14-6-4-2,22-16-10-8-11-17-22)23-18-12-9-13-19-23/h4,8-13,16-19H,2-3,5-7,14-15,20-21H2,1H3. The van der Waals surface area contributed by atoms with Crippen LogP contribution < -0.4 is 10.4 Å². The molecule has 0 amide bonds. The van der Waals surface area contributed by atoms with E-state index in [4.69, 9.17) is 8.85 Å². The van der Waals surface area contributed by atoms with Gasteiger partial charge in [0, 0.05) is 13.2 Å². The Hall–Kier alpha value is -1.68. The van der Waals surface area contributed by atoms with Gasteiger partial charge in [0.15, 0.2) is 0 Å². The Morgan fingerprint density at radius 1 is 0.769 bits per heavy atom. The minimum absolute atomic E-state index is 0.691. The summed E-state index contributed by atoms with van der Waals surface area (Å²) in [6.45, 7) is 7.49.